The van der Waals surface area contributed by atoms with E-state index >= 15 is 0 Å². The summed E-state index contributed by atoms with van der Waals surface area (Å²) >= 11 is 0. The second-order valence-corrected chi connectivity index (χ2v) is 29.5. The second-order valence-electron chi connectivity index (χ2n) is 26.6. The number of rotatable bonds is 75. The Labute approximate surface area is 654 Å². The van der Waals surface area contributed by atoms with Crippen LogP contribution in [-0.2, 0) is 65.4 Å². The maximum Gasteiger partial charge on any atom is 0.472 e. The zero-order valence-electron chi connectivity index (χ0n) is 66.9. The highest BCUT2D eigenvalue weighted by molar-refractivity contribution is 7.47. The van der Waals surface area contributed by atoms with E-state index in [1.165, 1.54) is 12.8 Å². The van der Waals surface area contributed by atoms with Crippen molar-refractivity contribution in [3.05, 3.63) is 182 Å². The number of aliphatic hydroxyl groups is 1. The van der Waals surface area contributed by atoms with Crippen LogP contribution < -0.4 is 0 Å². The fraction of sp³-hybridized carbons (Fsp3) is 0.618. The lowest BCUT2D eigenvalue weighted by molar-refractivity contribution is -0.161. The van der Waals surface area contributed by atoms with Gasteiger partial charge in [0.15, 0.2) is 12.2 Å². The van der Waals surface area contributed by atoms with Crippen molar-refractivity contribution >= 4 is 39.5 Å². The summed E-state index contributed by atoms with van der Waals surface area (Å²) in [6.45, 7) is 4.38. The van der Waals surface area contributed by atoms with Crippen LogP contribution in [0.25, 0.3) is 0 Å². The van der Waals surface area contributed by atoms with E-state index in [-0.39, 0.29) is 25.7 Å². The van der Waals surface area contributed by atoms with Gasteiger partial charge in [-0.25, -0.2) is 9.13 Å². The lowest BCUT2D eigenvalue weighted by Crippen LogP contribution is -2.30. The first kappa shape index (κ1) is 102. The molecule has 0 aliphatic rings. The number of hydrogen-bond donors (Lipinski definition) is 3. The zero-order valence-corrected chi connectivity index (χ0v) is 68.7. The molecule has 0 saturated heterocycles. The van der Waals surface area contributed by atoms with Gasteiger partial charge in [0.1, 0.15) is 19.3 Å². The Morgan fingerprint density at radius 3 is 0.759 bits per heavy atom. The highest BCUT2D eigenvalue weighted by Gasteiger charge is 2.30. The molecule has 108 heavy (non-hydrogen) atoms. The number of hydrogen-bond acceptors (Lipinski definition) is 15. The molecule has 0 aliphatic carbocycles. The third-order valence-corrected chi connectivity index (χ3v) is 18.2. The molecule has 0 heterocycles. The third kappa shape index (κ3) is 78.3. The molecule has 0 aromatic rings. The van der Waals surface area contributed by atoms with Crippen LogP contribution in [0.1, 0.15) is 297 Å². The van der Waals surface area contributed by atoms with Gasteiger partial charge in [-0.15, -0.1) is 0 Å². The standard InChI is InChI=1S/C89H144O17P2/c1-5-9-13-17-21-25-29-32-35-38-41-44-47-50-54-57-61-65-69-73-86(91)99-79-84(105-88(93)75-71-67-63-59-53-28-24-20-16-12-8-4)81-103-107(95,96)101-77-83(90)78-102-108(97,98)104-82-85(106-89(94)76-72-68-64-60-56-52-49-46-43-40-37-34-31-27-23-19-15-11-7-3)80-100-87(92)74-70-66-62-58-55-51-48-45-42-39-36-33-30-26-22-18-14-10-6-2/h9-11,13-15,20-27,32-37,41-46,51-52,55-56,83-85,90H,5-8,12,16-19,28-31,38-40,47-50,53-54,57-82H2,1-4H3,(H,95,96)(H,97,98)/b13-9-,14-10-,15-11-,24-20-,25-21-,26-22-,27-23-,35-32-,36-33-,37-34-,44-41-,45-42-,46-43-,55-51-,56-52-. The van der Waals surface area contributed by atoms with Gasteiger partial charge in [0.25, 0.3) is 0 Å². The SMILES string of the molecule is CC/C=C\C/C=C\C/C=C\C/C=C\C/C=C\CCCCCC(=O)OCC(COP(=O)(O)OCC(O)COP(=O)(O)OCC(COC(=O)CCCCCCCC/C=C\C/C=C\C/C=C\C/C=C\CC)OC(=O)CCCCCCC/C=C\CCCC)OC(=O)CCCCC/C=C\C/C=C\C/C=C\C/C=C\C/C=C\CC. The van der Waals surface area contributed by atoms with E-state index in [1.54, 1.807) is 0 Å². The van der Waals surface area contributed by atoms with E-state index in [0.717, 1.165) is 205 Å². The first-order valence-corrected chi connectivity index (χ1v) is 44.0. The van der Waals surface area contributed by atoms with E-state index in [4.69, 9.17) is 37.0 Å². The number of carbonyl (C=O) groups excluding carboxylic acids is 4. The summed E-state index contributed by atoms with van der Waals surface area (Å²) in [5.74, 6) is -2.29. The van der Waals surface area contributed by atoms with E-state index in [2.05, 4.69) is 210 Å². The Morgan fingerprint density at radius 1 is 0.269 bits per heavy atom. The highest BCUT2D eigenvalue weighted by atomic mass is 31.2. The smallest absolute Gasteiger partial charge is 0.462 e. The average Bonchev–Trinajstić information content (AvgIpc) is 0.917. The molecule has 5 atom stereocenters. The molecule has 0 aliphatic heterocycles. The molecule has 0 aromatic heterocycles. The van der Waals surface area contributed by atoms with Crippen LogP contribution in [0.2, 0.25) is 0 Å². The second kappa shape index (κ2) is 79.3. The molecule has 0 bridgehead atoms. The van der Waals surface area contributed by atoms with Crippen molar-refractivity contribution in [2.24, 2.45) is 0 Å². The van der Waals surface area contributed by atoms with Crippen molar-refractivity contribution in [2.75, 3.05) is 39.6 Å². The van der Waals surface area contributed by atoms with Crippen LogP contribution in [0.5, 0.6) is 0 Å². The molecule has 0 fully saturated rings. The van der Waals surface area contributed by atoms with Gasteiger partial charge in [-0.3, -0.25) is 37.3 Å². The molecule has 0 spiro atoms. The van der Waals surface area contributed by atoms with Crippen molar-refractivity contribution in [3.8, 4) is 0 Å². The lowest BCUT2D eigenvalue weighted by atomic mass is 10.1. The minimum Gasteiger partial charge on any atom is -0.462 e. The maximum absolute atomic E-state index is 13.1. The molecule has 0 saturated carbocycles. The Bertz CT molecular complexity index is 2760. The molecule has 0 rings (SSSR count). The van der Waals surface area contributed by atoms with Gasteiger partial charge in [-0.05, 0) is 173 Å². The number of aliphatic hydroxyl groups excluding tert-OH is 1. The quantitative estimate of drug-likeness (QED) is 0.0169. The van der Waals surface area contributed by atoms with Gasteiger partial charge in [-0.2, -0.15) is 0 Å². The minimum absolute atomic E-state index is 0.0407. The van der Waals surface area contributed by atoms with Crippen molar-refractivity contribution in [2.45, 2.75) is 316 Å². The monoisotopic (exact) mass is 1550 g/mol. The number of esters is 4. The Morgan fingerprint density at radius 2 is 0.481 bits per heavy atom. The topological polar surface area (TPSA) is 237 Å². The van der Waals surface area contributed by atoms with Crippen molar-refractivity contribution in [3.63, 3.8) is 0 Å². The molecule has 19 heteroatoms. The molecule has 0 aromatic carbocycles. The summed E-state index contributed by atoms with van der Waals surface area (Å²) in [5, 5.41) is 10.7. The van der Waals surface area contributed by atoms with Crippen LogP contribution in [0.15, 0.2) is 182 Å². The van der Waals surface area contributed by atoms with Gasteiger partial charge in [0, 0.05) is 25.7 Å². The van der Waals surface area contributed by atoms with Gasteiger partial charge in [-0.1, -0.05) is 281 Å². The van der Waals surface area contributed by atoms with Crippen LogP contribution in [0.4, 0.5) is 0 Å². The molecular formula is C89H144O17P2. The van der Waals surface area contributed by atoms with Gasteiger partial charge in [0.2, 0.25) is 0 Å². The summed E-state index contributed by atoms with van der Waals surface area (Å²) in [7, 11) is -10.0. The number of ether oxygens (including phenoxy) is 4. The number of phosphoric ester groups is 2. The summed E-state index contributed by atoms with van der Waals surface area (Å²) in [6, 6.07) is 0. The van der Waals surface area contributed by atoms with E-state index < -0.39 is 97.5 Å². The maximum atomic E-state index is 13.1. The van der Waals surface area contributed by atoms with Crippen molar-refractivity contribution in [1.29, 1.82) is 0 Å². The molecule has 3 N–H and O–H groups in total. The molecule has 5 unspecified atom stereocenters. The van der Waals surface area contributed by atoms with Crippen LogP contribution in [-0.4, -0.2) is 96.7 Å². The lowest BCUT2D eigenvalue weighted by Gasteiger charge is -2.21. The Balaban J connectivity index is 5.43. The fourth-order valence-electron chi connectivity index (χ4n) is 10.2. The number of unbranched alkanes of at least 4 members (excludes halogenated alkanes) is 19. The van der Waals surface area contributed by atoms with E-state index in [9.17, 15) is 43.2 Å². The minimum atomic E-state index is -5.01. The summed E-state index contributed by atoms with van der Waals surface area (Å²) in [4.78, 5) is 73.1. The molecule has 0 radical (unpaired) electrons. The molecule has 0 amide bonds. The fourth-order valence-corrected chi connectivity index (χ4v) is 11.8. The Hall–Kier alpha value is -5.84. The zero-order chi connectivity index (χ0) is 78.9. The average molecular weight is 1550 g/mol. The van der Waals surface area contributed by atoms with Crippen LogP contribution >= 0.6 is 15.6 Å². The number of allylic oxidation sites excluding steroid dienone is 30. The number of phosphoric acid groups is 2. The van der Waals surface area contributed by atoms with Crippen LogP contribution in [0.3, 0.4) is 0 Å². The summed E-state index contributed by atoms with van der Waals surface area (Å²) < 4.78 is 68.6. The predicted molar refractivity (Wildman–Crippen MR) is 445 cm³/mol. The molecule has 17 nitrogen and oxygen atoms in total. The summed E-state index contributed by atoms with van der Waals surface area (Å²) in [5.41, 5.74) is 0. The molecule has 612 valence electrons. The van der Waals surface area contributed by atoms with E-state index in [0.29, 0.717) is 25.7 Å². The third-order valence-electron chi connectivity index (χ3n) is 16.3. The predicted octanol–water partition coefficient (Wildman–Crippen LogP) is 24.3. The van der Waals surface area contributed by atoms with Crippen molar-refractivity contribution < 1.29 is 80.2 Å². The summed E-state index contributed by atoms with van der Waals surface area (Å²) in [6.07, 6.45) is 95.8. The normalized spacial score (nSPS) is 14.8. The van der Waals surface area contributed by atoms with E-state index in [1.807, 2.05) is 0 Å². The molecular weight excluding hydrogens is 1400 g/mol. The first-order chi connectivity index (χ1) is 52.7. The number of carbonyl (C=O) groups is 4. The highest BCUT2D eigenvalue weighted by Crippen LogP contribution is 2.45. The van der Waals surface area contributed by atoms with Crippen LogP contribution in [0, 0.1) is 0 Å². The Kier molecular flexibility index (Phi) is 75.0. The van der Waals surface area contributed by atoms with Gasteiger partial charge >= 0.3 is 39.5 Å². The van der Waals surface area contributed by atoms with Crippen molar-refractivity contribution in [1.82, 2.24) is 0 Å². The van der Waals surface area contributed by atoms with Gasteiger partial charge < -0.3 is 33.8 Å². The van der Waals surface area contributed by atoms with Gasteiger partial charge in [0.05, 0.1) is 26.4 Å². The largest absolute Gasteiger partial charge is 0.472 e. The first-order valence-electron chi connectivity index (χ1n) is 41.0.